The highest BCUT2D eigenvalue weighted by atomic mass is 35.5. The predicted molar refractivity (Wildman–Crippen MR) is 148 cm³/mol. The lowest BCUT2D eigenvalue weighted by atomic mass is 9.97. The van der Waals surface area contributed by atoms with Crippen molar-refractivity contribution in [1.29, 1.82) is 0 Å². The molecule has 1 aliphatic heterocycles. The summed E-state index contributed by atoms with van der Waals surface area (Å²) in [6, 6.07) is 29.8. The molecule has 0 aliphatic carbocycles. The summed E-state index contributed by atoms with van der Waals surface area (Å²) in [6.45, 7) is 2.56. The number of halogens is 1. The maximum absolute atomic E-state index is 13.9. The second-order valence-electron chi connectivity index (χ2n) is 9.44. The Morgan fingerprint density at radius 1 is 0.868 bits per heavy atom. The lowest BCUT2D eigenvalue weighted by Crippen LogP contribution is -2.29. The Labute approximate surface area is 224 Å². The summed E-state index contributed by atoms with van der Waals surface area (Å²) < 4.78 is 12.2. The highest BCUT2D eigenvalue weighted by Gasteiger charge is 2.43. The molecular formula is C32H24ClNO4. The van der Waals surface area contributed by atoms with Gasteiger partial charge in [-0.3, -0.25) is 9.59 Å². The van der Waals surface area contributed by atoms with Crippen LogP contribution in [0.2, 0.25) is 5.02 Å². The van der Waals surface area contributed by atoms with Crippen molar-refractivity contribution in [3.05, 3.63) is 146 Å². The summed E-state index contributed by atoms with van der Waals surface area (Å²) in [5, 5.41) is 0.832. The molecule has 38 heavy (non-hydrogen) atoms. The first-order chi connectivity index (χ1) is 18.5. The van der Waals surface area contributed by atoms with Crippen LogP contribution in [-0.2, 0) is 13.2 Å². The first kappa shape index (κ1) is 24.0. The van der Waals surface area contributed by atoms with Crippen LogP contribution in [0.25, 0.3) is 11.0 Å². The average molecular weight is 522 g/mol. The molecule has 6 rings (SSSR count). The highest BCUT2D eigenvalue weighted by molar-refractivity contribution is 6.32. The molecule has 4 aromatic carbocycles. The summed E-state index contributed by atoms with van der Waals surface area (Å²) in [5.74, 6) is 0.396. The van der Waals surface area contributed by atoms with Gasteiger partial charge in [0.05, 0.1) is 17.0 Å². The van der Waals surface area contributed by atoms with Crippen molar-refractivity contribution < 1.29 is 13.9 Å². The van der Waals surface area contributed by atoms with Gasteiger partial charge >= 0.3 is 0 Å². The van der Waals surface area contributed by atoms with E-state index in [0.717, 1.165) is 22.3 Å². The molecule has 0 saturated heterocycles. The van der Waals surface area contributed by atoms with Gasteiger partial charge < -0.3 is 14.1 Å². The summed E-state index contributed by atoms with van der Waals surface area (Å²) >= 11 is 6.36. The first-order valence-electron chi connectivity index (χ1n) is 12.4. The monoisotopic (exact) mass is 521 g/mol. The molecule has 1 unspecified atom stereocenters. The molecule has 5 aromatic rings. The fourth-order valence-electron chi connectivity index (χ4n) is 4.95. The number of hydrogen-bond acceptors (Lipinski definition) is 4. The van der Waals surface area contributed by atoms with Crippen molar-refractivity contribution in [3.8, 4) is 5.75 Å². The van der Waals surface area contributed by atoms with Crippen LogP contribution in [0.4, 0.5) is 0 Å². The van der Waals surface area contributed by atoms with Crippen LogP contribution in [0.15, 0.2) is 106 Å². The third-order valence-electron chi connectivity index (χ3n) is 6.86. The van der Waals surface area contributed by atoms with Gasteiger partial charge in [0.15, 0.2) is 5.43 Å². The zero-order chi connectivity index (χ0) is 26.2. The van der Waals surface area contributed by atoms with Crippen LogP contribution in [0.5, 0.6) is 5.75 Å². The quantitative estimate of drug-likeness (QED) is 0.239. The molecule has 2 heterocycles. The van der Waals surface area contributed by atoms with Gasteiger partial charge in [-0.15, -0.1) is 0 Å². The Bertz CT molecular complexity index is 1710. The van der Waals surface area contributed by atoms with Crippen molar-refractivity contribution in [2.45, 2.75) is 26.1 Å². The smallest absolute Gasteiger partial charge is 0.291 e. The molecule has 1 aromatic heterocycles. The van der Waals surface area contributed by atoms with E-state index in [-0.39, 0.29) is 17.1 Å². The van der Waals surface area contributed by atoms with Crippen LogP contribution in [-0.4, -0.2) is 10.8 Å². The third kappa shape index (κ3) is 4.35. The standard InChI is InChI=1S/C32H24ClNO4/c1-20-15-27-25(17-26(20)33)30(35)28-29(34(32(36)31(28)38-27)18-21-9-4-2-5-10-21)23-13-8-14-24(16-23)37-19-22-11-6-3-7-12-22/h2-17,29H,18-19H2,1H3. The van der Waals surface area contributed by atoms with Gasteiger partial charge in [-0.1, -0.05) is 84.4 Å². The number of benzene rings is 4. The Balaban J connectivity index is 1.46. The zero-order valence-electron chi connectivity index (χ0n) is 20.7. The van der Waals surface area contributed by atoms with E-state index in [4.69, 9.17) is 20.8 Å². The molecular weight excluding hydrogens is 498 g/mol. The van der Waals surface area contributed by atoms with Crippen LogP contribution < -0.4 is 10.2 Å². The lowest BCUT2D eigenvalue weighted by molar-refractivity contribution is 0.0714. The number of hydrogen-bond donors (Lipinski definition) is 0. The Morgan fingerprint density at radius 3 is 2.32 bits per heavy atom. The second-order valence-corrected chi connectivity index (χ2v) is 9.85. The van der Waals surface area contributed by atoms with Crippen LogP contribution in [0, 0.1) is 6.92 Å². The lowest BCUT2D eigenvalue weighted by Gasteiger charge is -2.25. The molecule has 6 heteroatoms. The van der Waals surface area contributed by atoms with E-state index in [1.54, 1.807) is 17.0 Å². The summed E-state index contributed by atoms with van der Waals surface area (Å²) in [7, 11) is 0. The minimum absolute atomic E-state index is 0.0701. The van der Waals surface area contributed by atoms with Gasteiger partial charge in [-0.2, -0.15) is 0 Å². The molecule has 0 fully saturated rings. The van der Waals surface area contributed by atoms with Crippen molar-refractivity contribution >= 4 is 28.5 Å². The molecule has 1 amide bonds. The van der Waals surface area contributed by atoms with E-state index in [9.17, 15) is 9.59 Å². The minimum Gasteiger partial charge on any atom is -0.489 e. The maximum atomic E-state index is 13.9. The Kier molecular flexibility index (Phi) is 6.22. The molecule has 1 aliphatic rings. The van der Waals surface area contributed by atoms with Gasteiger partial charge in [-0.05, 0) is 53.4 Å². The highest BCUT2D eigenvalue weighted by Crippen LogP contribution is 2.40. The summed E-state index contributed by atoms with van der Waals surface area (Å²) in [6.07, 6.45) is 0. The van der Waals surface area contributed by atoms with E-state index < -0.39 is 6.04 Å². The Hall–Kier alpha value is -4.35. The number of aryl methyl sites for hydroxylation is 1. The van der Waals surface area contributed by atoms with E-state index in [0.29, 0.717) is 40.5 Å². The molecule has 188 valence electrons. The molecule has 0 N–H and O–H groups in total. The van der Waals surface area contributed by atoms with E-state index in [2.05, 4.69) is 0 Å². The number of ether oxygens (including phenoxy) is 1. The molecule has 0 bridgehead atoms. The number of nitrogens with zero attached hydrogens (tertiary/aromatic N) is 1. The topological polar surface area (TPSA) is 59.8 Å². The van der Waals surface area contributed by atoms with Gasteiger partial charge in [0.1, 0.15) is 17.9 Å². The number of carbonyl (C=O) groups excluding carboxylic acids is 1. The molecule has 0 radical (unpaired) electrons. The SMILES string of the molecule is Cc1cc2oc3c(c(=O)c2cc1Cl)C(c1cccc(OCc2ccccc2)c1)N(Cc1ccccc1)C3=O. The summed E-state index contributed by atoms with van der Waals surface area (Å²) in [4.78, 5) is 29.3. The van der Waals surface area contributed by atoms with E-state index in [1.807, 2.05) is 91.9 Å². The van der Waals surface area contributed by atoms with Crippen LogP contribution in [0.1, 0.15) is 44.4 Å². The molecule has 0 spiro atoms. The number of rotatable bonds is 6. The largest absolute Gasteiger partial charge is 0.489 e. The van der Waals surface area contributed by atoms with Crippen molar-refractivity contribution in [3.63, 3.8) is 0 Å². The van der Waals surface area contributed by atoms with Crippen molar-refractivity contribution in [1.82, 2.24) is 4.90 Å². The number of carbonyl (C=O) groups is 1. The zero-order valence-corrected chi connectivity index (χ0v) is 21.4. The molecule has 0 saturated carbocycles. The van der Waals surface area contributed by atoms with E-state index in [1.165, 1.54) is 0 Å². The van der Waals surface area contributed by atoms with Crippen LogP contribution in [0.3, 0.4) is 0 Å². The maximum Gasteiger partial charge on any atom is 0.291 e. The van der Waals surface area contributed by atoms with Gasteiger partial charge in [-0.25, -0.2) is 0 Å². The van der Waals surface area contributed by atoms with E-state index >= 15 is 0 Å². The predicted octanol–water partition coefficient (Wildman–Crippen LogP) is 7.08. The number of amides is 1. The fraction of sp³-hybridized carbons (Fsp3) is 0.125. The summed E-state index contributed by atoms with van der Waals surface area (Å²) in [5.41, 5.74) is 3.95. The Morgan fingerprint density at radius 2 is 1.58 bits per heavy atom. The van der Waals surface area contributed by atoms with Crippen LogP contribution >= 0.6 is 11.6 Å². The molecule has 1 atom stereocenters. The first-order valence-corrected chi connectivity index (χ1v) is 12.8. The van der Waals surface area contributed by atoms with Crippen molar-refractivity contribution in [2.24, 2.45) is 0 Å². The number of fused-ring (bicyclic) bond motifs is 2. The molecule has 5 nitrogen and oxygen atoms in total. The second kappa shape index (κ2) is 9.84. The van der Waals surface area contributed by atoms with Gasteiger partial charge in [0.25, 0.3) is 5.91 Å². The average Bonchev–Trinajstić information content (AvgIpc) is 3.21. The van der Waals surface area contributed by atoms with Gasteiger partial charge in [0, 0.05) is 11.6 Å². The van der Waals surface area contributed by atoms with Crippen molar-refractivity contribution in [2.75, 3.05) is 0 Å². The minimum atomic E-state index is -0.640. The third-order valence-corrected chi connectivity index (χ3v) is 7.27. The fourth-order valence-corrected chi connectivity index (χ4v) is 5.11. The normalized spacial score (nSPS) is 14.6. The van der Waals surface area contributed by atoms with Gasteiger partial charge in [0.2, 0.25) is 5.76 Å².